The fourth-order valence-corrected chi connectivity index (χ4v) is 19.2. The molecule has 4 aliphatic carbocycles. The first-order valence-corrected chi connectivity index (χ1v) is 37.4. The van der Waals surface area contributed by atoms with Crippen LogP contribution in [0.25, 0.3) is 0 Å². The molecule has 25 heteroatoms. The smallest absolute Gasteiger partial charge is 0.321 e. The highest BCUT2D eigenvalue weighted by atomic mass is 35.5. The molecule has 0 radical (unpaired) electrons. The van der Waals surface area contributed by atoms with E-state index in [9.17, 15) is 41.1 Å². The maximum atomic E-state index is 16.1. The highest BCUT2D eigenvalue weighted by Crippen LogP contribution is 2.73. The summed E-state index contributed by atoms with van der Waals surface area (Å²) < 4.78 is 82.6. The fourth-order valence-electron chi connectivity index (χ4n) is 17.1. The molecule has 2 aromatic carbocycles. The van der Waals surface area contributed by atoms with Gasteiger partial charge in [-0.25, -0.2) is 35.6 Å². The number of Topliss-reactive ketones (excluding diaryl/α,β-unsaturated/α-hetero) is 1. The van der Waals surface area contributed by atoms with Crippen LogP contribution in [0, 0.1) is 45.6 Å². The number of benzene rings is 2. The normalized spacial score (nSPS) is 29.7. The number of carboxylic acids is 1. The van der Waals surface area contributed by atoms with Gasteiger partial charge in [0, 0.05) is 82.1 Å². The maximum Gasteiger partial charge on any atom is 0.321 e. The molecule has 8 atom stereocenters. The number of hydrogen-bond donors (Lipinski definition) is 5. The third-order valence-corrected chi connectivity index (χ3v) is 25.0. The quantitative estimate of drug-likeness (QED) is 0.0827. The third-order valence-electron chi connectivity index (χ3n) is 22.0. The van der Waals surface area contributed by atoms with Crippen molar-refractivity contribution in [3.05, 3.63) is 115 Å². The van der Waals surface area contributed by atoms with Gasteiger partial charge in [-0.2, -0.15) is 0 Å². The van der Waals surface area contributed by atoms with Crippen molar-refractivity contribution in [2.24, 2.45) is 39.7 Å². The Kier molecular flexibility index (Phi) is 21.5. The van der Waals surface area contributed by atoms with Crippen LogP contribution in [0.1, 0.15) is 177 Å². The minimum Gasteiger partial charge on any atom is -0.480 e. The number of hydrogen-bond acceptors (Lipinski definition) is 13. The van der Waals surface area contributed by atoms with Gasteiger partial charge >= 0.3 is 5.97 Å². The first kappa shape index (κ1) is 72.2. The molecule has 0 bridgehead atoms. The Bertz CT molecular complexity index is 3700. The van der Waals surface area contributed by atoms with Crippen molar-refractivity contribution in [3.63, 3.8) is 0 Å². The van der Waals surface area contributed by atoms with Crippen LogP contribution in [0.3, 0.4) is 0 Å². The summed E-state index contributed by atoms with van der Waals surface area (Å²) >= 11 is 24.9. The molecule has 8 aliphatic rings. The van der Waals surface area contributed by atoms with Crippen LogP contribution in [0.4, 0.5) is 20.2 Å². The molecule has 2 amide bonds. The average molecular weight is 1410 g/mol. The second kappa shape index (κ2) is 27.4. The molecule has 6 heterocycles. The van der Waals surface area contributed by atoms with Crippen molar-refractivity contribution >= 4 is 113 Å². The van der Waals surface area contributed by atoms with E-state index in [1.54, 1.807) is 36.4 Å². The number of pyridine rings is 2. The van der Waals surface area contributed by atoms with E-state index in [1.165, 1.54) is 31.0 Å². The summed E-state index contributed by atoms with van der Waals surface area (Å²) in [5.74, 6) is -4.73. The summed E-state index contributed by atoms with van der Waals surface area (Å²) in [7, 11) is -5.85. The number of amides is 2. The number of nitrogens with zero attached hydrogens (tertiary/aromatic N) is 2. The standard InChI is InChI=1S/C34H41Cl2FN2O5S.C24H24Cl2FN3O3.C9H19NO2S.ClH/c1-32(2)10-12-33(13-11-32)18-24(27(40)16-20-4-6-22(44-19-20)9-15-45(3,42)43)28(23-8-14-38-30(36)29(23)37)34(33)25-7-5-21(35)17-26(25)39-31(34)41;1-22(2)6-8-23(9-7-22)24(14-4-3-12(25)11-15(14)29-21(24)33)16(18(30-23)20(31)32)13-5-10-28-19(26)17(13)27;1-13(11,12)7-6-8-2-4-9(10)5-3-8;/h5,7-8,14,17,20,22,24,28H,4,6,9-13,15-16,18-19H2,1-3H3,(H,39,41);3-5,10-11,16,18,30H,6-9H2,1-2H3,(H,29,33)(H,31,32);8-9H,2-7,10H2,1H3;1H/t20-,22-,24-,28-,34+;16-,18+,24?;;/m00../s1. The average Bonchev–Trinajstić information content (AvgIpc) is 1.51. The van der Waals surface area contributed by atoms with Gasteiger partial charge in [-0.1, -0.05) is 86.2 Å². The number of aromatic nitrogens is 2. The monoisotopic (exact) mass is 1410 g/mol. The number of carboxylic acid groups (broad SMARTS) is 1. The number of carbonyl (C=O) groups is 4. The van der Waals surface area contributed by atoms with E-state index in [0.29, 0.717) is 83.4 Å². The van der Waals surface area contributed by atoms with Gasteiger partial charge in [-0.15, -0.1) is 12.4 Å². The molecule has 2 aromatic heterocycles. The highest BCUT2D eigenvalue weighted by Gasteiger charge is 2.74. The Morgan fingerprint density at radius 1 is 0.663 bits per heavy atom. The maximum absolute atomic E-state index is 16.1. The lowest BCUT2D eigenvalue weighted by Gasteiger charge is -2.51. The minimum absolute atomic E-state index is 0. The van der Waals surface area contributed by atoms with Crippen LogP contribution in [0.5, 0.6) is 0 Å². The molecule has 4 aliphatic heterocycles. The van der Waals surface area contributed by atoms with Crippen LogP contribution in [-0.2, 0) is 54.4 Å². The Hall–Kier alpha value is -4.09. The topological polar surface area (TPSA) is 254 Å². The van der Waals surface area contributed by atoms with Crippen molar-refractivity contribution in [2.75, 3.05) is 41.3 Å². The summed E-state index contributed by atoms with van der Waals surface area (Å²) in [6.45, 7) is 9.16. The van der Waals surface area contributed by atoms with Gasteiger partial charge in [-0.3, -0.25) is 24.5 Å². The molecule has 12 rings (SSSR count). The Balaban J connectivity index is 0.000000186. The number of ether oxygens (including phenoxy) is 1. The van der Waals surface area contributed by atoms with Gasteiger partial charge in [0.05, 0.1) is 29.6 Å². The van der Waals surface area contributed by atoms with E-state index in [1.807, 2.05) is 6.07 Å². The molecule has 1 unspecified atom stereocenters. The number of halogens is 7. The van der Waals surface area contributed by atoms with E-state index in [4.69, 9.17) is 56.9 Å². The van der Waals surface area contributed by atoms with E-state index in [0.717, 1.165) is 82.6 Å². The Morgan fingerprint density at radius 3 is 1.64 bits per heavy atom. The molecule has 4 aromatic rings. The molecular formula is C67H85Cl5F2N6O10S2. The number of nitrogens with two attached hydrogens (primary N) is 1. The molecule has 6 N–H and O–H groups in total. The molecule has 92 heavy (non-hydrogen) atoms. The number of ketones is 1. The van der Waals surface area contributed by atoms with Crippen LogP contribution in [-0.4, -0.2) is 110 Å². The zero-order valence-corrected chi connectivity index (χ0v) is 58.3. The Morgan fingerprint density at radius 2 is 1.14 bits per heavy atom. The fraction of sp³-hybridized carbons (Fsp3) is 0.612. The largest absolute Gasteiger partial charge is 0.480 e. The van der Waals surface area contributed by atoms with E-state index < -0.39 is 82.9 Å². The van der Waals surface area contributed by atoms with E-state index >= 15 is 8.78 Å². The predicted octanol–water partition coefficient (Wildman–Crippen LogP) is 13.6. The SMILES string of the molecule is CC1(C)CCC2(CC1)C[C@@H](C(=O)C[C@@H]1CC[C@@H](CCS(C)(=O)=O)OC1)[C@H](c1ccnc(Cl)c1F)[C@]21C(=O)Nc2cc(Cl)ccc21.CC1(C)CCC2(CC1)N[C@@H](C(=O)O)[C@H](c1ccnc(Cl)c1F)C21C(=O)Nc2cc(Cl)ccc21.CS(=O)(=O)CCC1CCC(N)CC1.Cl. The number of nitrogens with one attached hydrogen (secondary N) is 3. The lowest BCUT2D eigenvalue weighted by molar-refractivity contribution is -0.139. The zero-order valence-electron chi connectivity index (χ0n) is 52.8. The molecule has 4 spiro atoms. The van der Waals surface area contributed by atoms with Crippen molar-refractivity contribution in [2.45, 2.75) is 190 Å². The molecule has 16 nitrogen and oxygen atoms in total. The van der Waals surface area contributed by atoms with E-state index in [-0.39, 0.29) is 86.5 Å². The number of fused-ring (bicyclic) bond motifs is 6. The summed E-state index contributed by atoms with van der Waals surface area (Å²) in [6, 6.07) is 12.7. The summed E-state index contributed by atoms with van der Waals surface area (Å²) in [4.78, 5) is 63.5. The summed E-state index contributed by atoms with van der Waals surface area (Å²) in [5.41, 5.74) is 4.69. The van der Waals surface area contributed by atoms with Crippen LogP contribution >= 0.6 is 58.8 Å². The third kappa shape index (κ3) is 14.1. The number of carbonyl (C=O) groups excluding carboxylic acids is 3. The molecule has 6 fully saturated rings. The van der Waals surface area contributed by atoms with Gasteiger partial charge in [0.25, 0.3) is 0 Å². The van der Waals surface area contributed by atoms with Crippen LogP contribution in [0.15, 0.2) is 60.9 Å². The number of sulfone groups is 2. The molecule has 4 saturated carbocycles. The predicted molar refractivity (Wildman–Crippen MR) is 358 cm³/mol. The van der Waals surface area contributed by atoms with Crippen LogP contribution in [0.2, 0.25) is 20.4 Å². The van der Waals surface area contributed by atoms with Crippen molar-refractivity contribution in [1.82, 2.24) is 15.3 Å². The summed E-state index contributed by atoms with van der Waals surface area (Å²) in [5, 5.41) is 19.9. The lowest BCUT2D eigenvalue weighted by atomic mass is 9.51. The van der Waals surface area contributed by atoms with Gasteiger partial charge < -0.3 is 26.2 Å². The number of anilines is 2. The first-order chi connectivity index (χ1) is 42.7. The van der Waals surface area contributed by atoms with Gasteiger partial charge in [0.1, 0.15) is 36.9 Å². The van der Waals surface area contributed by atoms with E-state index in [2.05, 4.69) is 53.6 Å². The van der Waals surface area contributed by atoms with Gasteiger partial charge in [0.15, 0.2) is 21.9 Å². The number of rotatable bonds is 12. The lowest BCUT2D eigenvalue weighted by Crippen LogP contribution is -2.61. The van der Waals surface area contributed by atoms with Crippen molar-refractivity contribution in [3.8, 4) is 0 Å². The van der Waals surface area contributed by atoms with Crippen LogP contribution < -0.4 is 21.7 Å². The minimum atomic E-state index is -3.09. The second-order valence-corrected chi connectivity index (χ2v) is 35.1. The van der Waals surface area contributed by atoms with Gasteiger partial charge in [-0.05, 0) is 196 Å². The first-order valence-electron chi connectivity index (χ1n) is 31.7. The number of aliphatic carboxylic acids is 1. The second-order valence-electron chi connectivity index (χ2n) is 29.0. The molecular weight excluding hydrogens is 1330 g/mol. The molecule has 2 saturated heterocycles. The Labute approximate surface area is 565 Å². The highest BCUT2D eigenvalue weighted by molar-refractivity contribution is 7.90. The van der Waals surface area contributed by atoms with Gasteiger partial charge in [0.2, 0.25) is 11.8 Å². The van der Waals surface area contributed by atoms with Crippen molar-refractivity contribution < 1.29 is 54.6 Å². The van der Waals surface area contributed by atoms with Crippen molar-refractivity contribution in [1.29, 1.82) is 0 Å². The summed E-state index contributed by atoms with van der Waals surface area (Å²) in [6.07, 6.45) is 18.8. The molecule has 504 valence electrons. The zero-order chi connectivity index (χ0) is 66.0.